The van der Waals surface area contributed by atoms with Crippen LogP contribution in [0.15, 0.2) is 30.3 Å². The molecule has 96 valence electrons. The Morgan fingerprint density at radius 2 is 1.94 bits per heavy atom. The lowest BCUT2D eigenvalue weighted by molar-refractivity contribution is 0.321. The number of hydrogen-bond acceptors (Lipinski definition) is 5. The summed E-state index contributed by atoms with van der Waals surface area (Å²) in [5.41, 5.74) is 0. The molecule has 4 nitrogen and oxygen atoms in total. The predicted octanol–water partition coefficient (Wildman–Crippen LogP) is 2.27. The fourth-order valence-corrected chi connectivity index (χ4v) is 2.26. The van der Waals surface area contributed by atoms with Crippen LogP contribution in [0.3, 0.4) is 0 Å². The normalized spacial score (nSPS) is 10.5. The van der Waals surface area contributed by atoms with E-state index >= 15 is 0 Å². The quantitative estimate of drug-likeness (QED) is 0.832. The van der Waals surface area contributed by atoms with Gasteiger partial charge in [0.05, 0.1) is 6.61 Å². The third kappa shape index (κ3) is 4.09. The number of rotatable bonds is 7. The molecule has 0 aliphatic rings. The smallest absolute Gasteiger partial charge is 0.131 e. The summed E-state index contributed by atoms with van der Waals surface area (Å²) in [5, 5.41) is 13.6. The molecule has 2 rings (SSSR count). The van der Waals surface area contributed by atoms with Crippen LogP contribution in [0.4, 0.5) is 0 Å². The number of hydrogen-bond donors (Lipinski definition) is 1. The van der Waals surface area contributed by atoms with Gasteiger partial charge in [0.1, 0.15) is 15.8 Å². The van der Waals surface area contributed by atoms with E-state index in [0.29, 0.717) is 6.61 Å². The van der Waals surface area contributed by atoms with Crippen molar-refractivity contribution >= 4 is 11.3 Å². The molecule has 0 radical (unpaired) electrons. The van der Waals surface area contributed by atoms with Crippen molar-refractivity contribution in [1.29, 1.82) is 0 Å². The fraction of sp³-hybridized carbons (Fsp3) is 0.385. The van der Waals surface area contributed by atoms with Crippen LogP contribution in [0.2, 0.25) is 0 Å². The maximum absolute atomic E-state index is 5.62. The molecule has 1 heterocycles. The van der Waals surface area contributed by atoms with E-state index in [2.05, 4.69) is 22.4 Å². The molecule has 0 aliphatic heterocycles. The van der Waals surface area contributed by atoms with Gasteiger partial charge in [0, 0.05) is 13.0 Å². The number of benzene rings is 1. The van der Waals surface area contributed by atoms with Gasteiger partial charge in [-0.3, -0.25) is 0 Å². The van der Waals surface area contributed by atoms with Crippen molar-refractivity contribution in [1.82, 2.24) is 15.5 Å². The van der Waals surface area contributed by atoms with Gasteiger partial charge in [-0.05, 0) is 18.7 Å². The SMILES string of the molecule is CCNCc1nnc(CCOc2ccccc2)s1. The van der Waals surface area contributed by atoms with Crippen molar-refractivity contribution in [2.75, 3.05) is 13.2 Å². The molecule has 1 N–H and O–H groups in total. The summed E-state index contributed by atoms with van der Waals surface area (Å²) in [4.78, 5) is 0. The van der Waals surface area contributed by atoms with Crippen LogP contribution in [-0.2, 0) is 13.0 Å². The first-order chi connectivity index (χ1) is 8.88. The van der Waals surface area contributed by atoms with E-state index < -0.39 is 0 Å². The zero-order valence-electron chi connectivity index (χ0n) is 10.4. The van der Waals surface area contributed by atoms with Gasteiger partial charge in [0.25, 0.3) is 0 Å². The molecule has 0 aliphatic carbocycles. The molecule has 0 spiro atoms. The lowest BCUT2D eigenvalue weighted by Crippen LogP contribution is -2.11. The second-order valence-corrected chi connectivity index (χ2v) is 4.93. The average molecular weight is 263 g/mol. The van der Waals surface area contributed by atoms with E-state index in [-0.39, 0.29) is 0 Å². The summed E-state index contributed by atoms with van der Waals surface area (Å²) >= 11 is 1.64. The van der Waals surface area contributed by atoms with Gasteiger partial charge < -0.3 is 10.1 Å². The molecular weight excluding hydrogens is 246 g/mol. The van der Waals surface area contributed by atoms with Gasteiger partial charge in [-0.25, -0.2) is 0 Å². The Kier molecular flexibility index (Phi) is 5.11. The molecule has 2 aromatic rings. The molecule has 1 aromatic carbocycles. The van der Waals surface area contributed by atoms with Gasteiger partial charge in [0.2, 0.25) is 0 Å². The zero-order valence-corrected chi connectivity index (χ0v) is 11.2. The highest BCUT2D eigenvalue weighted by molar-refractivity contribution is 7.11. The van der Waals surface area contributed by atoms with E-state index in [1.54, 1.807) is 11.3 Å². The largest absolute Gasteiger partial charge is 0.493 e. The van der Waals surface area contributed by atoms with Crippen molar-refractivity contribution in [3.63, 3.8) is 0 Å². The third-order valence-electron chi connectivity index (χ3n) is 2.36. The second kappa shape index (κ2) is 7.08. The van der Waals surface area contributed by atoms with Gasteiger partial charge in [-0.2, -0.15) is 0 Å². The lowest BCUT2D eigenvalue weighted by Gasteiger charge is -2.03. The summed E-state index contributed by atoms with van der Waals surface area (Å²) in [6.07, 6.45) is 0.804. The second-order valence-electron chi connectivity index (χ2n) is 3.78. The highest BCUT2D eigenvalue weighted by Crippen LogP contribution is 2.12. The number of nitrogens with one attached hydrogen (secondary N) is 1. The molecule has 0 amide bonds. The standard InChI is InChI=1S/C13H17N3OS/c1-2-14-10-13-16-15-12(18-13)8-9-17-11-6-4-3-5-7-11/h3-7,14H,2,8-10H2,1H3. The summed E-state index contributed by atoms with van der Waals surface area (Å²) in [5.74, 6) is 0.898. The van der Waals surface area contributed by atoms with E-state index in [1.165, 1.54) is 0 Å². The first kappa shape index (κ1) is 13.0. The monoisotopic (exact) mass is 263 g/mol. The molecule has 5 heteroatoms. The van der Waals surface area contributed by atoms with Crippen LogP contribution in [0.25, 0.3) is 0 Å². The molecule has 0 atom stereocenters. The molecular formula is C13H17N3OS. The molecule has 18 heavy (non-hydrogen) atoms. The lowest BCUT2D eigenvalue weighted by atomic mass is 10.3. The topological polar surface area (TPSA) is 47.0 Å². The van der Waals surface area contributed by atoms with E-state index in [4.69, 9.17) is 4.74 Å². The van der Waals surface area contributed by atoms with Crippen LogP contribution >= 0.6 is 11.3 Å². The van der Waals surface area contributed by atoms with Gasteiger partial charge in [-0.15, -0.1) is 21.5 Å². The minimum atomic E-state index is 0.639. The minimum Gasteiger partial charge on any atom is -0.493 e. The van der Waals surface area contributed by atoms with Crippen LogP contribution in [0.1, 0.15) is 16.9 Å². The van der Waals surface area contributed by atoms with Crippen molar-refractivity contribution in [3.8, 4) is 5.75 Å². The molecule has 0 bridgehead atoms. The first-order valence-electron chi connectivity index (χ1n) is 6.08. The number of para-hydroxylation sites is 1. The maximum atomic E-state index is 5.62. The number of nitrogens with zero attached hydrogens (tertiary/aromatic N) is 2. The van der Waals surface area contributed by atoms with Gasteiger partial charge in [0.15, 0.2) is 0 Å². The Morgan fingerprint density at radius 3 is 2.72 bits per heavy atom. The van der Waals surface area contributed by atoms with Crippen molar-refractivity contribution in [2.24, 2.45) is 0 Å². The van der Waals surface area contributed by atoms with Crippen LogP contribution in [0.5, 0.6) is 5.75 Å². The van der Waals surface area contributed by atoms with Crippen LogP contribution < -0.4 is 10.1 Å². The minimum absolute atomic E-state index is 0.639. The Bertz CT molecular complexity index is 458. The third-order valence-corrected chi connectivity index (χ3v) is 3.35. The number of aromatic nitrogens is 2. The number of ether oxygens (including phenoxy) is 1. The first-order valence-corrected chi connectivity index (χ1v) is 6.90. The summed E-state index contributed by atoms with van der Waals surface area (Å²) < 4.78 is 5.62. The van der Waals surface area contributed by atoms with E-state index in [0.717, 1.165) is 35.3 Å². The van der Waals surface area contributed by atoms with Gasteiger partial charge >= 0.3 is 0 Å². The highest BCUT2D eigenvalue weighted by atomic mass is 32.1. The van der Waals surface area contributed by atoms with Crippen molar-refractivity contribution in [3.05, 3.63) is 40.3 Å². The summed E-state index contributed by atoms with van der Waals surface area (Å²) in [7, 11) is 0. The molecule has 0 fully saturated rings. The predicted molar refractivity (Wildman–Crippen MR) is 72.9 cm³/mol. The summed E-state index contributed by atoms with van der Waals surface area (Å²) in [6, 6.07) is 9.82. The molecule has 0 unspecified atom stereocenters. The molecule has 0 saturated carbocycles. The van der Waals surface area contributed by atoms with Crippen molar-refractivity contribution < 1.29 is 4.74 Å². The van der Waals surface area contributed by atoms with Gasteiger partial charge in [-0.1, -0.05) is 25.1 Å². The Labute approximate surface area is 111 Å². The average Bonchev–Trinajstić information content (AvgIpc) is 2.85. The van der Waals surface area contributed by atoms with Crippen LogP contribution in [-0.4, -0.2) is 23.3 Å². The molecule has 1 aromatic heterocycles. The Morgan fingerprint density at radius 1 is 1.17 bits per heavy atom. The van der Waals surface area contributed by atoms with E-state index in [1.807, 2.05) is 30.3 Å². The Balaban J connectivity index is 1.75. The molecule has 0 saturated heterocycles. The zero-order chi connectivity index (χ0) is 12.6. The highest BCUT2D eigenvalue weighted by Gasteiger charge is 2.03. The maximum Gasteiger partial charge on any atom is 0.131 e. The van der Waals surface area contributed by atoms with Crippen LogP contribution in [0, 0.1) is 0 Å². The van der Waals surface area contributed by atoms with Crippen molar-refractivity contribution in [2.45, 2.75) is 19.9 Å². The Hall–Kier alpha value is -1.46. The fourth-order valence-electron chi connectivity index (χ4n) is 1.47. The summed E-state index contributed by atoms with van der Waals surface area (Å²) in [6.45, 7) is 4.47. The van der Waals surface area contributed by atoms with E-state index in [9.17, 15) is 0 Å².